The molecule has 1 rings (SSSR count). The summed E-state index contributed by atoms with van der Waals surface area (Å²) in [5.74, 6) is -0.758. The van der Waals surface area contributed by atoms with Gasteiger partial charge in [0.15, 0.2) is 0 Å². The highest BCUT2D eigenvalue weighted by Crippen LogP contribution is 2.21. The predicted molar refractivity (Wildman–Crippen MR) is 72.9 cm³/mol. The Morgan fingerprint density at radius 1 is 1.56 bits per heavy atom. The van der Waals surface area contributed by atoms with Gasteiger partial charge in [-0.15, -0.1) is 0 Å². The van der Waals surface area contributed by atoms with Crippen LogP contribution in [0.4, 0.5) is 4.39 Å². The average molecular weight is 318 g/mol. The van der Waals surface area contributed by atoms with E-state index in [0.717, 1.165) is 18.2 Å². The smallest absolute Gasteiger partial charge is 0.258 e. The molecule has 1 aromatic rings. The number of amides is 1. The van der Waals surface area contributed by atoms with Crippen molar-refractivity contribution in [3.05, 3.63) is 29.6 Å². The highest BCUT2D eigenvalue weighted by Gasteiger charge is 2.18. The largest absolute Gasteiger partial charge is 0.496 e. The van der Waals surface area contributed by atoms with E-state index in [1.165, 1.54) is 19.2 Å². The third-order valence-electron chi connectivity index (χ3n) is 2.57. The molecule has 0 fully saturated rings. The van der Waals surface area contributed by atoms with E-state index >= 15 is 0 Å². The van der Waals surface area contributed by atoms with Crippen LogP contribution in [0.15, 0.2) is 18.2 Å². The molecule has 100 valence electrons. The lowest BCUT2D eigenvalue weighted by molar-refractivity contribution is 0.0931. The van der Waals surface area contributed by atoms with Gasteiger partial charge in [-0.25, -0.2) is 4.39 Å². The maximum atomic E-state index is 13.6. The molecule has 1 aromatic carbocycles. The molecule has 0 aliphatic heterocycles. The molecule has 1 N–H and O–H groups in total. The number of hydrogen-bond acceptors (Lipinski definition) is 2. The number of benzene rings is 1. The lowest BCUT2D eigenvalue weighted by Gasteiger charge is -2.15. The van der Waals surface area contributed by atoms with Gasteiger partial charge in [0.25, 0.3) is 5.91 Å². The first-order valence-electron chi connectivity index (χ1n) is 5.79. The Morgan fingerprint density at radius 2 is 2.28 bits per heavy atom. The van der Waals surface area contributed by atoms with Gasteiger partial charge in [0, 0.05) is 11.4 Å². The molecule has 0 saturated heterocycles. The highest BCUT2D eigenvalue weighted by molar-refractivity contribution is 9.09. The van der Waals surface area contributed by atoms with E-state index in [9.17, 15) is 9.18 Å². The number of halogens is 2. The van der Waals surface area contributed by atoms with Crippen LogP contribution in [0.25, 0.3) is 0 Å². The van der Waals surface area contributed by atoms with Crippen LogP contribution in [0.2, 0.25) is 0 Å². The van der Waals surface area contributed by atoms with Gasteiger partial charge >= 0.3 is 0 Å². The summed E-state index contributed by atoms with van der Waals surface area (Å²) in [7, 11) is 1.42. The summed E-state index contributed by atoms with van der Waals surface area (Å²) in [4.78, 5) is 12.0. The van der Waals surface area contributed by atoms with Crippen molar-refractivity contribution in [1.29, 1.82) is 0 Å². The zero-order valence-electron chi connectivity index (χ0n) is 10.5. The number of hydrogen-bond donors (Lipinski definition) is 1. The van der Waals surface area contributed by atoms with Crippen molar-refractivity contribution < 1.29 is 13.9 Å². The molecular weight excluding hydrogens is 301 g/mol. The number of carbonyl (C=O) groups excluding carboxylic acids is 1. The number of ether oxygens (including phenoxy) is 1. The standard InChI is InChI=1S/C13H17BrFNO2/c1-9(5-4-8-14)16-13(17)12-10(15)6-3-7-11(12)18-2/h3,6-7,9H,4-5,8H2,1-2H3,(H,16,17). The Morgan fingerprint density at radius 3 is 2.89 bits per heavy atom. The second-order valence-electron chi connectivity index (χ2n) is 4.02. The molecule has 0 aromatic heterocycles. The topological polar surface area (TPSA) is 38.3 Å². The monoisotopic (exact) mass is 317 g/mol. The van der Waals surface area contributed by atoms with Gasteiger partial charge in [-0.3, -0.25) is 4.79 Å². The normalized spacial score (nSPS) is 12.0. The minimum Gasteiger partial charge on any atom is -0.496 e. The van der Waals surface area contributed by atoms with Crippen molar-refractivity contribution in [1.82, 2.24) is 5.32 Å². The quantitative estimate of drug-likeness (QED) is 0.819. The van der Waals surface area contributed by atoms with E-state index in [4.69, 9.17) is 4.74 Å². The third kappa shape index (κ3) is 3.98. The molecule has 1 unspecified atom stereocenters. The number of methoxy groups -OCH3 is 1. The summed E-state index contributed by atoms with van der Waals surface area (Å²) in [6.07, 6.45) is 1.80. The Kier molecular flexibility index (Phi) is 6.12. The van der Waals surface area contributed by atoms with Crippen LogP contribution < -0.4 is 10.1 Å². The Balaban J connectivity index is 2.78. The molecule has 18 heavy (non-hydrogen) atoms. The lowest BCUT2D eigenvalue weighted by Crippen LogP contribution is -2.33. The first-order chi connectivity index (χ1) is 8.60. The minimum absolute atomic E-state index is 0.000591. The molecule has 0 heterocycles. The van der Waals surface area contributed by atoms with Crippen molar-refractivity contribution >= 4 is 21.8 Å². The molecule has 0 aliphatic rings. The van der Waals surface area contributed by atoms with Crippen LogP contribution in [0.1, 0.15) is 30.1 Å². The fourth-order valence-corrected chi connectivity index (χ4v) is 1.97. The molecule has 0 bridgehead atoms. The maximum Gasteiger partial charge on any atom is 0.258 e. The van der Waals surface area contributed by atoms with Crippen LogP contribution in [0, 0.1) is 5.82 Å². The fourth-order valence-electron chi connectivity index (χ4n) is 1.65. The molecule has 0 spiro atoms. The zero-order valence-corrected chi connectivity index (χ0v) is 12.1. The summed E-state index contributed by atoms with van der Waals surface area (Å²) in [5, 5.41) is 3.65. The number of nitrogens with one attached hydrogen (secondary N) is 1. The van der Waals surface area contributed by atoms with Crippen molar-refractivity contribution in [2.24, 2.45) is 0 Å². The van der Waals surface area contributed by atoms with Gasteiger partial charge in [-0.2, -0.15) is 0 Å². The van der Waals surface area contributed by atoms with Crippen molar-refractivity contribution in [2.45, 2.75) is 25.8 Å². The number of carbonyl (C=O) groups is 1. The van der Waals surface area contributed by atoms with Gasteiger partial charge in [0.1, 0.15) is 17.1 Å². The maximum absolute atomic E-state index is 13.6. The van der Waals surface area contributed by atoms with Gasteiger partial charge in [-0.1, -0.05) is 22.0 Å². The van der Waals surface area contributed by atoms with Gasteiger partial charge in [-0.05, 0) is 31.9 Å². The van der Waals surface area contributed by atoms with Crippen molar-refractivity contribution in [3.8, 4) is 5.75 Å². The van der Waals surface area contributed by atoms with Gasteiger partial charge in [0.05, 0.1) is 7.11 Å². The van der Waals surface area contributed by atoms with E-state index in [0.29, 0.717) is 0 Å². The zero-order chi connectivity index (χ0) is 13.5. The van der Waals surface area contributed by atoms with Crippen LogP contribution in [-0.2, 0) is 0 Å². The number of alkyl halides is 1. The van der Waals surface area contributed by atoms with Crippen molar-refractivity contribution in [3.63, 3.8) is 0 Å². The third-order valence-corrected chi connectivity index (χ3v) is 3.13. The van der Waals surface area contributed by atoms with Gasteiger partial charge in [0.2, 0.25) is 0 Å². The second kappa shape index (κ2) is 7.36. The van der Waals surface area contributed by atoms with Crippen LogP contribution in [0.3, 0.4) is 0 Å². The first kappa shape index (κ1) is 15.0. The molecule has 1 atom stereocenters. The van der Waals surface area contributed by atoms with Crippen LogP contribution in [-0.4, -0.2) is 24.4 Å². The minimum atomic E-state index is -0.570. The molecule has 0 aliphatic carbocycles. The molecule has 0 radical (unpaired) electrons. The molecule has 1 amide bonds. The molecular formula is C13H17BrFNO2. The van der Waals surface area contributed by atoms with Crippen LogP contribution >= 0.6 is 15.9 Å². The molecule has 5 heteroatoms. The Bertz CT molecular complexity index is 412. The Labute approximate surface area is 115 Å². The summed E-state index contributed by atoms with van der Waals surface area (Å²) < 4.78 is 18.6. The predicted octanol–water partition coefficient (Wildman–Crippen LogP) is 3.13. The average Bonchev–Trinajstić information content (AvgIpc) is 2.35. The van der Waals surface area contributed by atoms with Crippen molar-refractivity contribution in [2.75, 3.05) is 12.4 Å². The van der Waals surface area contributed by atoms with E-state index in [-0.39, 0.29) is 17.4 Å². The highest BCUT2D eigenvalue weighted by atomic mass is 79.9. The first-order valence-corrected chi connectivity index (χ1v) is 6.91. The van der Waals surface area contributed by atoms with E-state index < -0.39 is 11.7 Å². The van der Waals surface area contributed by atoms with Crippen LogP contribution in [0.5, 0.6) is 5.75 Å². The molecule has 3 nitrogen and oxygen atoms in total. The summed E-state index contributed by atoms with van der Waals surface area (Å²) in [6.45, 7) is 1.90. The Hall–Kier alpha value is -1.10. The van der Waals surface area contributed by atoms with E-state index in [1.54, 1.807) is 6.07 Å². The fraction of sp³-hybridized carbons (Fsp3) is 0.462. The molecule has 0 saturated carbocycles. The lowest BCUT2D eigenvalue weighted by atomic mass is 10.1. The summed E-state index contributed by atoms with van der Waals surface area (Å²) >= 11 is 3.33. The second-order valence-corrected chi connectivity index (χ2v) is 4.82. The summed E-state index contributed by atoms with van der Waals surface area (Å²) in [5.41, 5.74) is -0.0364. The van der Waals surface area contributed by atoms with E-state index in [1.807, 2.05) is 6.92 Å². The number of rotatable bonds is 6. The summed E-state index contributed by atoms with van der Waals surface area (Å²) in [6, 6.07) is 4.33. The SMILES string of the molecule is COc1cccc(F)c1C(=O)NC(C)CCCBr. The van der Waals surface area contributed by atoms with Gasteiger partial charge < -0.3 is 10.1 Å². The van der Waals surface area contributed by atoms with E-state index in [2.05, 4.69) is 21.2 Å².